The Morgan fingerprint density at radius 1 is 1.41 bits per heavy atom. The highest BCUT2D eigenvalue weighted by atomic mass is 35.5. The fourth-order valence-electron chi connectivity index (χ4n) is 2.12. The second-order valence-electron chi connectivity index (χ2n) is 4.95. The zero-order chi connectivity index (χ0) is 15.7. The van der Waals surface area contributed by atoms with Gasteiger partial charge in [0.05, 0.1) is 22.9 Å². The highest BCUT2D eigenvalue weighted by molar-refractivity contribution is 6.34. The van der Waals surface area contributed by atoms with Gasteiger partial charge in [0.15, 0.2) is 11.5 Å². The molecule has 7 nitrogen and oxygen atoms in total. The summed E-state index contributed by atoms with van der Waals surface area (Å²) in [5.74, 6) is 1.12. The number of amides is 2. The number of halogens is 1. The Labute approximate surface area is 132 Å². The van der Waals surface area contributed by atoms with Crippen LogP contribution in [0.5, 0.6) is 11.5 Å². The molecule has 116 valence electrons. The molecule has 8 heteroatoms. The van der Waals surface area contributed by atoms with Crippen molar-refractivity contribution in [3.8, 4) is 11.5 Å². The lowest BCUT2D eigenvalue weighted by Crippen LogP contribution is -2.31. The number of carbonyl (C=O) groups is 1. The Bertz CT molecular complexity index is 716. The molecule has 0 saturated heterocycles. The van der Waals surface area contributed by atoms with Crippen LogP contribution >= 0.6 is 11.6 Å². The molecule has 0 unspecified atom stereocenters. The molecule has 0 aliphatic carbocycles. The molecule has 1 aromatic carbocycles. The highest BCUT2D eigenvalue weighted by Gasteiger charge is 2.18. The number of hydrogen-bond donors (Lipinski definition) is 2. The SMILES string of the molecule is C[C@H](NC(=O)Nc1cc2c(cc1Cl)OCO2)c1cnn(C)c1. The Morgan fingerprint density at radius 3 is 2.82 bits per heavy atom. The summed E-state index contributed by atoms with van der Waals surface area (Å²) in [4.78, 5) is 12.1. The minimum Gasteiger partial charge on any atom is -0.454 e. The zero-order valence-corrected chi connectivity index (χ0v) is 12.8. The lowest BCUT2D eigenvalue weighted by atomic mass is 10.2. The van der Waals surface area contributed by atoms with E-state index in [1.807, 2.05) is 20.2 Å². The summed E-state index contributed by atoms with van der Waals surface area (Å²) in [5, 5.41) is 9.98. The van der Waals surface area contributed by atoms with E-state index >= 15 is 0 Å². The number of nitrogens with zero attached hydrogens (tertiary/aromatic N) is 2. The first-order valence-corrected chi connectivity index (χ1v) is 7.06. The smallest absolute Gasteiger partial charge is 0.319 e. The van der Waals surface area contributed by atoms with Gasteiger partial charge in [-0.15, -0.1) is 0 Å². The van der Waals surface area contributed by atoms with E-state index in [9.17, 15) is 4.79 Å². The summed E-state index contributed by atoms with van der Waals surface area (Å²) in [6.07, 6.45) is 3.55. The van der Waals surface area contributed by atoms with Crippen molar-refractivity contribution in [2.75, 3.05) is 12.1 Å². The summed E-state index contributed by atoms with van der Waals surface area (Å²) >= 11 is 6.12. The van der Waals surface area contributed by atoms with Gasteiger partial charge < -0.3 is 20.1 Å². The highest BCUT2D eigenvalue weighted by Crippen LogP contribution is 2.39. The molecule has 0 saturated carbocycles. The van der Waals surface area contributed by atoms with E-state index in [2.05, 4.69) is 15.7 Å². The Hall–Kier alpha value is -2.41. The number of ether oxygens (including phenoxy) is 2. The molecule has 0 spiro atoms. The Balaban J connectivity index is 1.67. The van der Waals surface area contributed by atoms with Gasteiger partial charge in [-0.1, -0.05) is 11.6 Å². The molecule has 1 aliphatic heterocycles. The first-order chi connectivity index (χ1) is 10.5. The maximum absolute atomic E-state index is 12.1. The average Bonchev–Trinajstić information content (AvgIpc) is 3.07. The first-order valence-electron chi connectivity index (χ1n) is 6.68. The molecule has 2 amide bonds. The van der Waals surface area contributed by atoms with Crippen LogP contribution in [0.2, 0.25) is 5.02 Å². The van der Waals surface area contributed by atoms with Crippen LogP contribution in [-0.4, -0.2) is 22.6 Å². The molecule has 1 aliphatic rings. The van der Waals surface area contributed by atoms with Gasteiger partial charge in [-0.3, -0.25) is 4.68 Å². The van der Waals surface area contributed by atoms with Crippen LogP contribution in [0.15, 0.2) is 24.5 Å². The second kappa shape index (κ2) is 5.76. The van der Waals surface area contributed by atoms with Crippen molar-refractivity contribution in [2.24, 2.45) is 7.05 Å². The number of anilines is 1. The van der Waals surface area contributed by atoms with Crippen LogP contribution in [-0.2, 0) is 7.05 Å². The lowest BCUT2D eigenvalue weighted by Gasteiger charge is -2.14. The summed E-state index contributed by atoms with van der Waals surface area (Å²) in [6, 6.07) is 2.71. The van der Waals surface area contributed by atoms with E-state index in [1.165, 1.54) is 0 Å². The average molecular weight is 323 g/mol. The van der Waals surface area contributed by atoms with Crippen molar-refractivity contribution in [3.63, 3.8) is 0 Å². The fraction of sp³-hybridized carbons (Fsp3) is 0.286. The molecule has 0 radical (unpaired) electrons. The van der Waals surface area contributed by atoms with Crippen LogP contribution in [0, 0.1) is 0 Å². The molecular weight excluding hydrogens is 308 g/mol. The Kier molecular flexibility index (Phi) is 3.81. The summed E-state index contributed by atoms with van der Waals surface area (Å²) in [6.45, 7) is 2.02. The van der Waals surface area contributed by atoms with Gasteiger partial charge in [-0.25, -0.2) is 4.79 Å². The minimum atomic E-state index is -0.364. The van der Waals surface area contributed by atoms with E-state index in [4.69, 9.17) is 21.1 Å². The van der Waals surface area contributed by atoms with Crippen LogP contribution in [0.25, 0.3) is 0 Å². The molecule has 0 bridgehead atoms. The number of benzene rings is 1. The third-order valence-electron chi connectivity index (χ3n) is 3.28. The molecule has 2 N–H and O–H groups in total. The van der Waals surface area contributed by atoms with Crippen LogP contribution in [0.3, 0.4) is 0 Å². The molecule has 1 aromatic heterocycles. The lowest BCUT2D eigenvalue weighted by molar-refractivity contribution is 0.174. The van der Waals surface area contributed by atoms with Crippen molar-refractivity contribution in [2.45, 2.75) is 13.0 Å². The largest absolute Gasteiger partial charge is 0.454 e. The molecule has 2 aromatic rings. The summed E-state index contributed by atoms with van der Waals surface area (Å²) in [7, 11) is 1.82. The molecular formula is C14H15ClN4O3. The van der Waals surface area contributed by atoms with Crippen molar-refractivity contribution in [1.82, 2.24) is 15.1 Å². The van der Waals surface area contributed by atoms with Crippen molar-refractivity contribution in [1.29, 1.82) is 0 Å². The van der Waals surface area contributed by atoms with E-state index < -0.39 is 0 Å². The van der Waals surface area contributed by atoms with E-state index in [0.717, 1.165) is 5.56 Å². The number of aryl methyl sites for hydroxylation is 1. The topological polar surface area (TPSA) is 77.4 Å². The molecule has 22 heavy (non-hydrogen) atoms. The number of urea groups is 1. The second-order valence-corrected chi connectivity index (χ2v) is 5.36. The third-order valence-corrected chi connectivity index (χ3v) is 3.60. The number of hydrogen-bond acceptors (Lipinski definition) is 4. The van der Waals surface area contributed by atoms with Gasteiger partial charge in [0, 0.05) is 30.9 Å². The first kappa shape index (κ1) is 14.5. The number of aromatic nitrogens is 2. The van der Waals surface area contributed by atoms with E-state index in [1.54, 1.807) is 23.0 Å². The standard InChI is InChI=1S/C14H15ClN4O3/c1-8(9-5-16-19(2)6-9)17-14(20)18-11-4-13-12(3-10(11)15)21-7-22-13/h3-6,8H,7H2,1-2H3,(H2,17,18,20)/t8-/m0/s1. The maximum Gasteiger partial charge on any atom is 0.319 e. The van der Waals surface area contributed by atoms with E-state index in [0.29, 0.717) is 22.2 Å². The van der Waals surface area contributed by atoms with Crippen LogP contribution in [0.1, 0.15) is 18.5 Å². The maximum atomic E-state index is 12.1. The number of fused-ring (bicyclic) bond motifs is 1. The number of nitrogens with one attached hydrogen (secondary N) is 2. The molecule has 0 fully saturated rings. The quantitative estimate of drug-likeness (QED) is 0.910. The fourth-order valence-corrected chi connectivity index (χ4v) is 2.32. The van der Waals surface area contributed by atoms with Gasteiger partial charge in [0.1, 0.15) is 0 Å². The van der Waals surface area contributed by atoms with Crippen molar-refractivity contribution < 1.29 is 14.3 Å². The van der Waals surface area contributed by atoms with Gasteiger partial charge in [0.2, 0.25) is 6.79 Å². The monoisotopic (exact) mass is 322 g/mol. The third kappa shape index (κ3) is 2.94. The van der Waals surface area contributed by atoms with Gasteiger partial charge in [0.25, 0.3) is 0 Å². The van der Waals surface area contributed by atoms with Gasteiger partial charge in [-0.05, 0) is 6.92 Å². The predicted molar refractivity (Wildman–Crippen MR) is 81.4 cm³/mol. The number of rotatable bonds is 3. The predicted octanol–water partition coefficient (Wildman–Crippen LogP) is 2.68. The normalized spacial score (nSPS) is 13.8. The summed E-state index contributed by atoms with van der Waals surface area (Å²) < 4.78 is 12.2. The minimum absolute atomic E-state index is 0.152. The van der Waals surface area contributed by atoms with Gasteiger partial charge in [-0.2, -0.15) is 5.10 Å². The Morgan fingerprint density at radius 2 is 2.14 bits per heavy atom. The van der Waals surface area contributed by atoms with Crippen molar-refractivity contribution in [3.05, 3.63) is 35.1 Å². The van der Waals surface area contributed by atoms with Crippen LogP contribution in [0.4, 0.5) is 10.5 Å². The van der Waals surface area contributed by atoms with E-state index in [-0.39, 0.29) is 18.9 Å². The summed E-state index contributed by atoms with van der Waals surface area (Å²) in [5.41, 5.74) is 1.37. The molecule has 3 rings (SSSR count). The van der Waals surface area contributed by atoms with Crippen molar-refractivity contribution >= 4 is 23.3 Å². The van der Waals surface area contributed by atoms with Crippen LogP contribution < -0.4 is 20.1 Å². The molecule has 2 heterocycles. The zero-order valence-electron chi connectivity index (χ0n) is 12.1. The number of carbonyl (C=O) groups excluding carboxylic acids is 1. The molecule has 1 atom stereocenters. The van der Waals surface area contributed by atoms with Gasteiger partial charge >= 0.3 is 6.03 Å².